The molecule has 1 saturated heterocycles. The van der Waals surface area contributed by atoms with Gasteiger partial charge in [0.25, 0.3) is 5.91 Å². The summed E-state index contributed by atoms with van der Waals surface area (Å²) in [4.78, 5) is 15.4. The number of aromatic nitrogens is 2. The molecular weight excluding hydrogens is 313 g/mol. The number of likely N-dealkylation sites (tertiary alicyclic amines) is 1. The van der Waals surface area contributed by atoms with Gasteiger partial charge in [0.1, 0.15) is 5.82 Å². The molecule has 0 spiro atoms. The summed E-state index contributed by atoms with van der Waals surface area (Å²) in [5, 5.41) is 4.76. The fourth-order valence-electron chi connectivity index (χ4n) is 3.19. The van der Waals surface area contributed by atoms with Gasteiger partial charge in [-0.15, -0.1) is 11.3 Å². The predicted molar refractivity (Wildman–Crippen MR) is 88.1 cm³/mol. The molecule has 23 heavy (non-hydrogen) atoms. The van der Waals surface area contributed by atoms with Crippen molar-refractivity contribution >= 4 is 27.3 Å². The molecule has 3 aromatic rings. The van der Waals surface area contributed by atoms with E-state index >= 15 is 0 Å². The molecule has 1 aromatic carbocycles. The average molecular weight is 329 g/mol. The van der Waals surface area contributed by atoms with Crippen LogP contribution < -0.4 is 0 Å². The minimum Gasteiger partial charge on any atom is -0.333 e. The molecule has 4 nitrogen and oxygen atoms in total. The van der Waals surface area contributed by atoms with Gasteiger partial charge in [-0.2, -0.15) is 5.10 Å². The van der Waals surface area contributed by atoms with Crippen molar-refractivity contribution in [2.24, 2.45) is 0 Å². The lowest BCUT2D eigenvalue weighted by Crippen LogP contribution is -2.37. The highest BCUT2D eigenvalue weighted by molar-refractivity contribution is 7.20. The van der Waals surface area contributed by atoms with Crippen LogP contribution in [0, 0.1) is 5.82 Å². The van der Waals surface area contributed by atoms with Crippen molar-refractivity contribution in [1.82, 2.24) is 14.7 Å². The molecule has 1 atom stereocenters. The number of fused-ring (bicyclic) bond motifs is 1. The summed E-state index contributed by atoms with van der Waals surface area (Å²) in [5.41, 5.74) is 0. The second kappa shape index (κ2) is 5.77. The first kappa shape index (κ1) is 14.4. The van der Waals surface area contributed by atoms with E-state index in [0.29, 0.717) is 16.8 Å². The van der Waals surface area contributed by atoms with E-state index in [4.69, 9.17) is 0 Å². The van der Waals surface area contributed by atoms with Gasteiger partial charge in [0.05, 0.1) is 17.5 Å². The number of amides is 1. The number of carbonyl (C=O) groups is 1. The van der Waals surface area contributed by atoms with Crippen LogP contribution in [0.1, 0.15) is 22.5 Å². The first-order valence-electron chi connectivity index (χ1n) is 7.69. The van der Waals surface area contributed by atoms with Crippen LogP contribution >= 0.6 is 11.3 Å². The highest BCUT2D eigenvalue weighted by atomic mass is 32.1. The van der Waals surface area contributed by atoms with Gasteiger partial charge in [0.15, 0.2) is 0 Å². The standard InChI is InChI=1S/C17H16FN3OS/c18-14-5-1-6-15-13(14)10-16(23-15)17(22)21-9-2-4-12(21)11-20-8-3-7-19-20/h1,3,5-8,10,12H,2,4,9,11H2/t12-/m1/s1. The summed E-state index contributed by atoms with van der Waals surface area (Å²) in [6.07, 6.45) is 5.63. The monoisotopic (exact) mass is 329 g/mol. The highest BCUT2D eigenvalue weighted by Crippen LogP contribution is 2.30. The molecule has 1 fully saturated rings. The number of benzene rings is 1. The second-order valence-electron chi connectivity index (χ2n) is 5.78. The van der Waals surface area contributed by atoms with Crippen molar-refractivity contribution in [3.05, 3.63) is 53.4 Å². The number of hydrogen-bond donors (Lipinski definition) is 0. The Labute approximate surface area is 137 Å². The molecular formula is C17H16FN3OS. The zero-order valence-corrected chi connectivity index (χ0v) is 13.3. The molecule has 118 valence electrons. The van der Waals surface area contributed by atoms with Gasteiger partial charge >= 0.3 is 0 Å². The molecule has 1 aliphatic heterocycles. The van der Waals surface area contributed by atoms with E-state index in [9.17, 15) is 9.18 Å². The van der Waals surface area contributed by atoms with Crippen molar-refractivity contribution in [1.29, 1.82) is 0 Å². The molecule has 0 bridgehead atoms. The van der Waals surface area contributed by atoms with Crippen LogP contribution in [0.25, 0.3) is 10.1 Å². The molecule has 1 aliphatic rings. The molecule has 0 radical (unpaired) electrons. The van der Waals surface area contributed by atoms with Crippen LogP contribution in [0.5, 0.6) is 0 Å². The molecule has 0 unspecified atom stereocenters. The Kier molecular flexibility index (Phi) is 3.61. The molecule has 2 aromatic heterocycles. The Morgan fingerprint density at radius 1 is 1.39 bits per heavy atom. The largest absolute Gasteiger partial charge is 0.333 e. The molecule has 3 heterocycles. The Bertz CT molecular complexity index is 843. The van der Waals surface area contributed by atoms with Crippen LogP contribution in [0.3, 0.4) is 0 Å². The van der Waals surface area contributed by atoms with Gasteiger partial charge < -0.3 is 4.90 Å². The van der Waals surface area contributed by atoms with E-state index in [1.165, 1.54) is 17.4 Å². The summed E-state index contributed by atoms with van der Waals surface area (Å²) in [6.45, 7) is 1.46. The minimum atomic E-state index is -0.271. The van der Waals surface area contributed by atoms with Crippen molar-refractivity contribution < 1.29 is 9.18 Å². The SMILES string of the molecule is O=C(c1cc2c(F)cccc2s1)N1CCC[C@@H]1Cn1cccn1. The fourth-order valence-corrected chi connectivity index (χ4v) is 4.22. The van der Waals surface area contributed by atoms with E-state index in [1.807, 2.05) is 27.9 Å². The quantitative estimate of drug-likeness (QED) is 0.737. The van der Waals surface area contributed by atoms with Gasteiger partial charge in [-0.3, -0.25) is 9.48 Å². The van der Waals surface area contributed by atoms with E-state index in [2.05, 4.69) is 5.10 Å². The normalized spacial score (nSPS) is 18.0. The molecule has 0 saturated carbocycles. The second-order valence-corrected chi connectivity index (χ2v) is 6.87. The fraction of sp³-hybridized carbons (Fsp3) is 0.294. The number of rotatable bonds is 3. The van der Waals surface area contributed by atoms with Crippen LogP contribution in [-0.2, 0) is 6.54 Å². The van der Waals surface area contributed by atoms with Crippen molar-refractivity contribution in [2.45, 2.75) is 25.4 Å². The first-order valence-corrected chi connectivity index (χ1v) is 8.50. The smallest absolute Gasteiger partial charge is 0.264 e. The Hall–Kier alpha value is -2.21. The van der Waals surface area contributed by atoms with Crippen molar-refractivity contribution in [3.8, 4) is 0 Å². The van der Waals surface area contributed by atoms with Crippen LogP contribution in [-0.4, -0.2) is 33.2 Å². The van der Waals surface area contributed by atoms with E-state index in [0.717, 1.165) is 24.1 Å². The lowest BCUT2D eigenvalue weighted by atomic mass is 10.2. The highest BCUT2D eigenvalue weighted by Gasteiger charge is 2.30. The lowest BCUT2D eigenvalue weighted by Gasteiger charge is -2.24. The molecule has 4 rings (SSSR count). The van der Waals surface area contributed by atoms with E-state index in [-0.39, 0.29) is 17.8 Å². The zero-order valence-electron chi connectivity index (χ0n) is 12.5. The minimum absolute atomic E-state index is 0.000237. The predicted octanol–water partition coefficient (Wildman–Crippen LogP) is 3.54. The number of hydrogen-bond acceptors (Lipinski definition) is 3. The molecule has 6 heteroatoms. The third kappa shape index (κ3) is 2.63. The van der Waals surface area contributed by atoms with E-state index in [1.54, 1.807) is 18.3 Å². The van der Waals surface area contributed by atoms with Gasteiger partial charge in [-0.05, 0) is 37.1 Å². The third-order valence-electron chi connectivity index (χ3n) is 4.31. The van der Waals surface area contributed by atoms with Crippen LogP contribution in [0.2, 0.25) is 0 Å². The van der Waals surface area contributed by atoms with Crippen molar-refractivity contribution in [3.63, 3.8) is 0 Å². The third-order valence-corrected chi connectivity index (χ3v) is 5.40. The molecule has 1 amide bonds. The number of halogens is 1. The van der Waals surface area contributed by atoms with Gasteiger partial charge in [-0.25, -0.2) is 4.39 Å². The lowest BCUT2D eigenvalue weighted by molar-refractivity contribution is 0.0726. The van der Waals surface area contributed by atoms with E-state index < -0.39 is 0 Å². The van der Waals surface area contributed by atoms with Crippen LogP contribution in [0.15, 0.2) is 42.7 Å². The summed E-state index contributed by atoms with van der Waals surface area (Å²) < 4.78 is 16.5. The van der Waals surface area contributed by atoms with Crippen LogP contribution in [0.4, 0.5) is 4.39 Å². The Morgan fingerprint density at radius 3 is 3.09 bits per heavy atom. The maximum absolute atomic E-state index is 13.8. The Balaban J connectivity index is 1.60. The maximum atomic E-state index is 13.8. The van der Waals surface area contributed by atoms with Gasteiger partial charge in [0.2, 0.25) is 0 Å². The van der Waals surface area contributed by atoms with Gasteiger partial charge in [-0.1, -0.05) is 6.07 Å². The number of carbonyl (C=O) groups excluding carboxylic acids is 1. The first-order chi connectivity index (χ1) is 11.2. The summed E-state index contributed by atoms with van der Waals surface area (Å²) in [5.74, 6) is -0.271. The van der Waals surface area contributed by atoms with Gasteiger partial charge in [0, 0.05) is 29.0 Å². The number of nitrogens with zero attached hydrogens (tertiary/aromatic N) is 3. The number of thiophene rings is 1. The summed E-state index contributed by atoms with van der Waals surface area (Å²) in [7, 11) is 0. The molecule has 0 aliphatic carbocycles. The summed E-state index contributed by atoms with van der Waals surface area (Å²) >= 11 is 1.36. The summed E-state index contributed by atoms with van der Waals surface area (Å²) in [6, 6.07) is 8.68. The van der Waals surface area contributed by atoms with Crippen molar-refractivity contribution in [2.75, 3.05) is 6.54 Å². The molecule has 0 N–H and O–H groups in total. The Morgan fingerprint density at radius 2 is 2.30 bits per heavy atom. The average Bonchev–Trinajstić information content (AvgIpc) is 3.27. The topological polar surface area (TPSA) is 38.1 Å². The maximum Gasteiger partial charge on any atom is 0.264 e. The zero-order chi connectivity index (χ0) is 15.8.